The Morgan fingerprint density at radius 1 is 1.12 bits per heavy atom. The van der Waals surface area contributed by atoms with Crippen LogP contribution in [0.2, 0.25) is 0 Å². The van der Waals surface area contributed by atoms with Gasteiger partial charge in [0.2, 0.25) is 0 Å². The smallest absolute Gasteiger partial charge is 0.432 e. The highest BCUT2D eigenvalue weighted by Gasteiger charge is 2.68. The van der Waals surface area contributed by atoms with E-state index in [1.165, 1.54) is 0 Å². The minimum Gasteiger partial charge on any atom is -0.444 e. The summed E-state index contributed by atoms with van der Waals surface area (Å²) in [5, 5.41) is -5.69. The third kappa shape index (κ3) is 3.00. The van der Waals surface area contributed by atoms with Crippen LogP contribution in [-0.2, 0) is 19.6 Å². The normalized spacial score (nSPS) is 38.3. The minimum absolute atomic E-state index is 0.0187. The number of hydrogen-bond acceptors (Lipinski definition) is 4. The Kier molecular flexibility index (Phi) is 4.38. The summed E-state index contributed by atoms with van der Waals surface area (Å²) in [6, 6.07) is 0. The van der Waals surface area contributed by atoms with E-state index in [9.17, 15) is 35.2 Å². The largest absolute Gasteiger partial charge is 0.444 e. The molecule has 0 aromatic rings. The highest BCUT2D eigenvalue weighted by molar-refractivity contribution is 7.86. The summed E-state index contributed by atoms with van der Waals surface area (Å²) in [6.45, 7) is 1.84. The Bertz CT molecular complexity index is 702. The molecule has 3 rings (SSSR count). The monoisotopic (exact) mass is 406 g/mol. The lowest BCUT2D eigenvalue weighted by atomic mass is 9.63. The van der Waals surface area contributed by atoms with E-state index in [2.05, 4.69) is 4.74 Å². The van der Waals surface area contributed by atoms with Gasteiger partial charge in [0.25, 0.3) is 6.10 Å². The van der Waals surface area contributed by atoms with Crippen LogP contribution in [0.15, 0.2) is 0 Å². The van der Waals surface area contributed by atoms with Crippen LogP contribution in [0.3, 0.4) is 0 Å². The first-order valence-electron chi connectivity index (χ1n) is 8.30. The first kappa shape index (κ1) is 19.8. The number of carbonyl (C=O) groups excluding carboxylic acids is 1. The van der Waals surface area contributed by atoms with Crippen molar-refractivity contribution in [3.63, 3.8) is 0 Å². The van der Waals surface area contributed by atoms with E-state index in [0.717, 1.165) is 12.8 Å². The molecule has 3 fully saturated rings. The molecule has 0 amide bonds. The summed E-state index contributed by atoms with van der Waals surface area (Å²) >= 11 is 0. The molecule has 1 N–H and O–H groups in total. The minimum atomic E-state index is -6.43. The Morgan fingerprint density at radius 3 is 2.27 bits per heavy atom. The average molecular weight is 406 g/mol. The number of carbonyl (C=O) groups is 1. The molecule has 26 heavy (non-hydrogen) atoms. The van der Waals surface area contributed by atoms with Gasteiger partial charge in [0.1, 0.15) is 0 Å². The summed E-state index contributed by atoms with van der Waals surface area (Å²) in [7, 11) is -6.43. The fourth-order valence-corrected chi connectivity index (χ4v) is 5.63. The topological polar surface area (TPSA) is 80.7 Å². The maximum Gasteiger partial charge on any atom is 0.432 e. The van der Waals surface area contributed by atoms with Crippen LogP contribution >= 0.6 is 0 Å². The maximum atomic E-state index is 13.7. The Hall–Kier alpha value is -0.970. The van der Waals surface area contributed by atoms with Crippen molar-refractivity contribution in [2.75, 3.05) is 0 Å². The van der Waals surface area contributed by atoms with Crippen molar-refractivity contribution in [2.24, 2.45) is 29.1 Å². The zero-order valence-corrected chi connectivity index (χ0v) is 14.6. The Labute approximate surface area is 147 Å². The van der Waals surface area contributed by atoms with Gasteiger partial charge >= 0.3 is 27.5 Å². The van der Waals surface area contributed by atoms with E-state index in [1.807, 2.05) is 6.92 Å². The van der Waals surface area contributed by atoms with Gasteiger partial charge in [-0.15, -0.1) is 0 Å². The van der Waals surface area contributed by atoms with Crippen LogP contribution < -0.4 is 0 Å². The second-order valence-electron chi connectivity index (χ2n) is 8.02. The number of rotatable bonds is 4. The van der Waals surface area contributed by atoms with Crippen molar-refractivity contribution in [1.82, 2.24) is 0 Å². The van der Waals surface area contributed by atoms with E-state index < -0.39 is 39.0 Å². The summed E-state index contributed by atoms with van der Waals surface area (Å²) in [5.41, 5.74) is -1.31. The third-order valence-corrected chi connectivity index (χ3v) is 7.05. The van der Waals surface area contributed by atoms with Crippen molar-refractivity contribution in [3.8, 4) is 0 Å². The molecular weight excluding hydrogens is 387 g/mol. The standard InChI is InChI=1S/C15H19F5O5S/c1-7-2-8-3-9-5-13(4-7,6-10(8)9)12(21)25-11(14(16,17)18)15(19,20)26(22,23)24/h7-11H,2-6H2,1H3,(H,22,23,24). The second-order valence-corrected chi connectivity index (χ2v) is 9.51. The van der Waals surface area contributed by atoms with Crippen molar-refractivity contribution in [1.29, 1.82) is 0 Å². The number of esters is 1. The molecule has 0 heterocycles. The highest BCUT2D eigenvalue weighted by atomic mass is 32.2. The molecule has 0 aromatic carbocycles. The molecule has 6 atom stereocenters. The molecule has 3 aliphatic carbocycles. The molecule has 11 heteroatoms. The van der Waals surface area contributed by atoms with E-state index >= 15 is 0 Å². The predicted octanol–water partition coefficient (Wildman–Crippen LogP) is 3.40. The van der Waals surface area contributed by atoms with Crippen LogP contribution in [0.1, 0.15) is 39.0 Å². The fraction of sp³-hybridized carbons (Fsp3) is 0.933. The molecule has 0 aromatic heterocycles. The van der Waals surface area contributed by atoms with Gasteiger partial charge in [0.15, 0.2) is 0 Å². The lowest BCUT2D eigenvalue weighted by Gasteiger charge is -2.42. The summed E-state index contributed by atoms with van der Waals surface area (Å²) in [4.78, 5) is 12.5. The molecule has 3 saturated carbocycles. The molecule has 6 unspecified atom stereocenters. The number of fused-ring (bicyclic) bond motifs is 1. The SMILES string of the molecule is CC1CC2CC3CC(C(=O)OC(C(F)(F)F)C(F)(F)S(=O)(=O)O)(C1)CC23. The van der Waals surface area contributed by atoms with E-state index in [-0.39, 0.29) is 37.0 Å². The van der Waals surface area contributed by atoms with Crippen LogP contribution in [0.25, 0.3) is 0 Å². The van der Waals surface area contributed by atoms with Gasteiger partial charge in [-0.1, -0.05) is 6.92 Å². The van der Waals surface area contributed by atoms with Crippen molar-refractivity contribution >= 4 is 16.1 Å². The molecule has 0 saturated heterocycles. The fourth-order valence-electron chi connectivity index (χ4n) is 5.18. The third-order valence-electron chi connectivity index (χ3n) is 6.14. The highest BCUT2D eigenvalue weighted by Crippen LogP contribution is 2.65. The molecule has 0 aliphatic heterocycles. The van der Waals surface area contributed by atoms with Gasteiger partial charge in [-0.25, -0.2) is 0 Å². The molecule has 0 spiro atoms. The van der Waals surface area contributed by atoms with Gasteiger partial charge in [-0.3, -0.25) is 9.35 Å². The molecule has 150 valence electrons. The van der Waals surface area contributed by atoms with Gasteiger partial charge in [0.05, 0.1) is 5.41 Å². The lowest BCUT2D eigenvalue weighted by Crippen LogP contribution is -2.53. The maximum absolute atomic E-state index is 13.7. The van der Waals surface area contributed by atoms with E-state index in [1.54, 1.807) is 0 Å². The molecule has 0 radical (unpaired) electrons. The van der Waals surface area contributed by atoms with Crippen LogP contribution in [0, 0.1) is 29.1 Å². The lowest BCUT2D eigenvalue weighted by molar-refractivity contribution is -0.263. The molecular formula is C15H19F5O5S. The summed E-state index contributed by atoms with van der Waals surface area (Å²) < 4.78 is 100. The first-order valence-corrected chi connectivity index (χ1v) is 9.74. The van der Waals surface area contributed by atoms with Crippen molar-refractivity contribution in [3.05, 3.63) is 0 Å². The number of halogens is 5. The number of hydrogen-bond donors (Lipinski definition) is 1. The van der Waals surface area contributed by atoms with E-state index in [0.29, 0.717) is 5.92 Å². The van der Waals surface area contributed by atoms with Crippen LogP contribution in [0.4, 0.5) is 22.0 Å². The van der Waals surface area contributed by atoms with Gasteiger partial charge in [0, 0.05) is 0 Å². The quantitative estimate of drug-likeness (QED) is 0.440. The van der Waals surface area contributed by atoms with Crippen molar-refractivity contribution in [2.45, 2.75) is 56.6 Å². The first-order chi connectivity index (χ1) is 11.7. The van der Waals surface area contributed by atoms with Gasteiger partial charge in [-0.2, -0.15) is 30.4 Å². The van der Waals surface area contributed by atoms with Crippen LogP contribution in [-0.4, -0.2) is 36.5 Å². The molecule has 2 bridgehead atoms. The van der Waals surface area contributed by atoms with E-state index in [4.69, 9.17) is 4.55 Å². The zero-order valence-electron chi connectivity index (χ0n) is 13.8. The second kappa shape index (κ2) is 5.76. The average Bonchev–Trinajstić information content (AvgIpc) is 2.65. The molecule has 5 nitrogen and oxygen atoms in total. The Balaban J connectivity index is 1.89. The number of alkyl halides is 5. The zero-order chi connectivity index (χ0) is 19.7. The Morgan fingerprint density at radius 2 is 1.73 bits per heavy atom. The predicted molar refractivity (Wildman–Crippen MR) is 77.6 cm³/mol. The molecule has 3 aliphatic rings. The van der Waals surface area contributed by atoms with Crippen LogP contribution in [0.5, 0.6) is 0 Å². The summed E-state index contributed by atoms with van der Waals surface area (Å²) in [5.74, 6) is -0.731. The summed E-state index contributed by atoms with van der Waals surface area (Å²) in [6.07, 6.45) is -7.68. The number of ether oxygens (including phenoxy) is 1. The van der Waals surface area contributed by atoms with Gasteiger partial charge in [-0.05, 0) is 55.8 Å². The van der Waals surface area contributed by atoms with Crippen molar-refractivity contribution < 1.29 is 44.5 Å². The van der Waals surface area contributed by atoms with Gasteiger partial charge < -0.3 is 4.74 Å².